The Morgan fingerprint density at radius 3 is 1.50 bits per heavy atom. The maximum absolute atomic E-state index is 9.55. The van der Waals surface area contributed by atoms with Gasteiger partial charge in [-0.15, -0.1) is 0 Å². The van der Waals surface area contributed by atoms with Crippen LogP contribution >= 0.6 is 15.6 Å². The van der Waals surface area contributed by atoms with Crippen LogP contribution in [0.1, 0.15) is 0 Å². The Labute approximate surface area is 69.7 Å². The summed E-state index contributed by atoms with van der Waals surface area (Å²) >= 11 is 0. The van der Waals surface area contributed by atoms with Crippen LogP contribution in [-0.4, -0.2) is 0 Å². The SMILES string of the molecule is N=P([O-])([O-])OP(=O)([O-])[O-].[Tc+4]. The minimum Gasteiger partial charge on any atom is -0.806 e. The molecule has 0 fully saturated rings. The molecule has 0 rings (SSSR count). The van der Waals surface area contributed by atoms with Crippen LogP contribution < -0.4 is 19.6 Å². The summed E-state index contributed by atoms with van der Waals surface area (Å²) in [6.07, 6.45) is 0. The van der Waals surface area contributed by atoms with Gasteiger partial charge in [0.1, 0.15) is 0 Å². The molecular weight excluding hydrogens is 270 g/mol. The molecule has 1 radical (unpaired) electrons. The van der Waals surface area contributed by atoms with Crippen molar-refractivity contribution in [1.29, 1.82) is 5.16 Å². The van der Waals surface area contributed by atoms with E-state index in [2.05, 4.69) is 4.31 Å². The number of nitrogens with one attached hydrogen (secondary N) is 1. The third-order valence-corrected chi connectivity index (χ3v) is 1.87. The first-order valence-electron chi connectivity index (χ1n) is 1.50. The van der Waals surface area contributed by atoms with E-state index in [1.165, 1.54) is 0 Å². The van der Waals surface area contributed by atoms with Crippen LogP contribution in [0.2, 0.25) is 0 Å². The normalized spacial score (nSPS) is 12.4. The molecule has 59 valence electrons. The van der Waals surface area contributed by atoms with Gasteiger partial charge in [0.15, 0.2) is 0 Å². The Balaban J connectivity index is 0. The maximum Gasteiger partial charge on any atom is 4.00 e. The largest absolute Gasteiger partial charge is 4.00 e. The predicted octanol–water partition coefficient (Wildman–Crippen LogP) is -2.93. The zero-order valence-electron chi connectivity index (χ0n) is 4.22. The third-order valence-electron chi connectivity index (χ3n) is 0.207. The Kier molecular flexibility index (Phi) is 5.49. The van der Waals surface area contributed by atoms with E-state index in [-0.39, 0.29) is 20.1 Å². The summed E-state index contributed by atoms with van der Waals surface area (Å²) in [7, 11) is -10.7. The van der Waals surface area contributed by atoms with Crippen LogP contribution in [0.5, 0.6) is 0 Å². The topological polar surface area (TPSA) is 142 Å². The van der Waals surface area contributed by atoms with E-state index >= 15 is 0 Å². The summed E-state index contributed by atoms with van der Waals surface area (Å²) in [6, 6.07) is 0. The summed E-state index contributed by atoms with van der Waals surface area (Å²) in [5.41, 5.74) is 0. The zero-order chi connectivity index (χ0) is 7.71. The molecule has 1 N–H and O–H groups in total. The van der Waals surface area contributed by atoms with E-state index in [0.717, 1.165) is 0 Å². The van der Waals surface area contributed by atoms with Crippen LogP contribution in [0, 0.1) is 5.16 Å². The Morgan fingerprint density at radius 2 is 1.50 bits per heavy atom. The Morgan fingerprint density at radius 1 is 1.20 bits per heavy atom. The molecule has 10 heavy (non-hydrogen) atoms. The molecule has 0 saturated heterocycles. The molecule has 0 aromatic carbocycles. The van der Waals surface area contributed by atoms with Crippen molar-refractivity contribution in [2.24, 2.45) is 0 Å². The van der Waals surface area contributed by atoms with Crippen molar-refractivity contribution >= 4 is 15.6 Å². The first kappa shape index (κ1) is 13.5. The average molecular weight is 271 g/mol. The van der Waals surface area contributed by atoms with Crippen molar-refractivity contribution in [3.8, 4) is 0 Å². The second-order valence-electron chi connectivity index (χ2n) is 1.03. The smallest absolute Gasteiger partial charge is 0.806 e. The molecule has 0 aromatic heterocycles. The summed E-state index contributed by atoms with van der Waals surface area (Å²) in [5.74, 6) is 0. The molecule has 0 heterocycles. The van der Waals surface area contributed by atoms with Gasteiger partial charge in [0, 0.05) is 0 Å². The molecule has 0 unspecified atom stereocenters. The molecule has 0 aliphatic heterocycles. The molecule has 0 aliphatic rings. The van der Waals surface area contributed by atoms with Crippen LogP contribution in [0.4, 0.5) is 0 Å². The molecule has 7 nitrogen and oxygen atoms in total. The van der Waals surface area contributed by atoms with E-state index in [1.807, 2.05) is 0 Å². The van der Waals surface area contributed by atoms with E-state index < -0.39 is 15.6 Å². The second-order valence-corrected chi connectivity index (χ2v) is 3.57. The van der Waals surface area contributed by atoms with Crippen molar-refractivity contribution in [2.45, 2.75) is 0 Å². The van der Waals surface area contributed by atoms with Crippen molar-refractivity contribution in [3.63, 3.8) is 0 Å². The maximum atomic E-state index is 9.55. The fourth-order valence-corrected chi connectivity index (χ4v) is 1.18. The Bertz CT molecular complexity index is 156. The third kappa shape index (κ3) is 11.7. The van der Waals surface area contributed by atoms with Gasteiger partial charge in [-0.2, -0.15) is 0 Å². The van der Waals surface area contributed by atoms with Gasteiger partial charge in [0.25, 0.3) is 0 Å². The van der Waals surface area contributed by atoms with Gasteiger partial charge < -0.3 is 33.6 Å². The summed E-state index contributed by atoms with van der Waals surface area (Å²) < 4.78 is 12.1. The fourth-order valence-electron chi connectivity index (χ4n) is 0.132. The quantitative estimate of drug-likeness (QED) is 0.533. The number of rotatable bonds is 2. The molecular formula is HNO6P2Tc. The van der Waals surface area contributed by atoms with E-state index in [4.69, 9.17) is 5.16 Å². The van der Waals surface area contributed by atoms with Crippen LogP contribution in [0.25, 0.3) is 0 Å². The number of hydrogen-bond acceptors (Lipinski definition) is 7. The van der Waals surface area contributed by atoms with Gasteiger partial charge in [0.05, 0.1) is 7.82 Å². The molecule has 0 atom stereocenters. The summed E-state index contributed by atoms with van der Waals surface area (Å²) in [5, 5.41) is 5.79. The second kappa shape index (κ2) is 4.07. The Hall–Kier alpha value is 0.909. The van der Waals surface area contributed by atoms with Gasteiger partial charge >= 0.3 is 20.1 Å². The molecule has 0 spiro atoms. The molecule has 0 aromatic rings. The summed E-state index contributed by atoms with van der Waals surface area (Å²) in [6.45, 7) is 0. The molecule has 0 saturated carbocycles. The molecule has 0 aliphatic carbocycles. The van der Waals surface area contributed by atoms with Crippen molar-refractivity contribution in [2.75, 3.05) is 0 Å². The summed E-state index contributed by atoms with van der Waals surface area (Å²) in [4.78, 5) is 37.9. The van der Waals surface area contributed by atoms with E-state index in [0.29, 0.717) is 0 Å². The standard InChI is InChI=1S/H3NO6P2.Tc/c1-8(2,3)7-9(4,5)6;/h(H3-2,1,2,3,4,5,6);/q-2;+4/p-2. The minimum atomic E-state index is -5.55. The minimum absolute atomic E-state index is 0. The average Bonchev–Trinajstić information content (AvgIpc) is 1.14. The van der Waals surface area contributed by atoms with Crippen LogP contribution in [0.3, 0.4) is 0 Å². The van der Waals surface area contributed by atoms with Crippen molar-refractivity contribution < 1.29 is 48.6 Å². The predicted molar refractivity (Wildman–Crippen MR) is 18.3 cm³/mol. The van der Waals surface area contributed by atoms with Crippen LogP contribution in [-0.2, 0) is 29.0 Å². The van der Waals surface area contributed by atoms with Gasteiger partial charge in [-0.05, 0) is 0 Å². The zero-order valence-corrected chi connectivity index (χ0v) is 7.87. The van der Waals surface area contributed by atoms with Crippen LogP contribution in [0.15, 0.2) is 0 Å². The van der Waals surface area contributed by atoms with Gasteiger partial charge in [-0.1, -0.05) is 7.74 Å². The van der Waals surface area contributed by atoms with E-state index in [1.54, 1.807) is 0 Å². The molecule has 0 bridgehead atoms. The van der Waals surface area contributed by atoms with Gasteiger partial charge in [0.2, 0.25) is 0 Å². The first-order chi connectivity index (χ1) is 3.71. The van der Waals surface area contributed by atoms with Crippen molar-refractivity contribution in [1.82, 2.24) is 0 Å². The van der Waals surface area contributed by atoms with E-state index in [9.17, 15) is 24.1 Å². The first-order valence-corrected chi connectivity index (χ1v) is 4.50. The fraction of sp³-hybridized carbons (Fsp3) is 0. The van der Waals surface area contributed by atoms with Gasteiger partial charge in [-0.25, -0.2) is 0 Å². The number of hydrogen-bond donors (Lipinski definition) is 1. The number of phosphoric acid groups is 1. The molecule has 0 amide bonds. The monoisotopic (exact) mass is 270 g/mol. The van der Waals surface area contributed by atoms with Crippen molar-refractivity contribution in [3.05, 3.63) is 0 Å². The molecule has 10 heteroatoms. The van der Waals surface area contributed by atoms with Gasteiger partial charge in [-0.3, -0.25) is 0 Å².